The number of halogens is 1. The maximum absolute atomic E-state index is 6.86. The second-order valence-electron chi connectivity index (χ2n) is 9.87. The fraction of sp³-hybridized carbons (Fsp3) is 0.536. The number of benzene rings is 1. The molecule has 4 nitrogen and oxygen atoms in total. The van der Waals surface area contributed by atoms with Gasteiger partial charge in [-0.2, -0.15) is 0 Å². The highest BCUT2D eigenvalue weighted by molar-refractivity contribution is 6.36. The van der Waals surface area contributed by atoms with Gasteiger partial charge in [0.25, 0.3) is 0 Å². The Morgan fingerprint density at radius 1 is 1.27 bits per heavy atom. The van der Waals surface area contributed by atoms with Crippen molar-refractivity contribution < 1.29 is 0 Å². The zero-order valence-corrected chi connectivity index (χ0v) is 21.1. The van der Waals surface area contributed by atoms with E-state index < -0.39 is 0 Å². The van der Waals surface area contributed by atoms with Crippen molar-refractivity contribution in [3.63, 3.8) is 0 Å². The van der Waals surface area contributed by atoms with E-state index in [-0.39, 0.29) is 0 Å². The Balaban J connectivity index is 1.53. The number of unbranched alkanes of at least 4 members (excludes halogenated alkanes) is 1. The summed E-state index contributed by atoms with van der Waals surface area (Å²) in [6.45, 7) is 17.0. The molecule has 1 saturated heterocycles. The molecule has 0 spiro atoms. The number of hydrogen-bond acceptors (Lipinski definition) is 4. The highest BCUT2D eigenvalue weighted by Gasteiger charge is 2.27. The van der Waals surface area contributed by atoms with Gasteiger partial charge < -0.3 is 15.5 Å². The monoisotopic (exact) mass is 466 g/mol. The van der Waals surface area contributed by atoms with Crippen LogP contribution in [0.4, 0.5) is 0 Å². The van der Waals surface area contributed by atoms with Crippen molar-refractivity contribution in [1.82, 2.24) is 14.8 Å². The number of fused-ring (bicyclic) bond motifs is 2. The number of rotatable bonds is 8. The molecule has 2 heterocycles. The van der Waals surface area contributed by atoms with Gasteiger partial charge in [-0.3, -0.25) is 4.98 Å². The van der Waals surface area contributed by atoms with Crippen LogP contribution in [0.15, 0.2) is 37.1 Å². The minimum absolute atomic E-state index is 0.387. The first-order valence-electron chi connectivity index (χ1n) is 12.6. The van der Waals surface area contributed by atoms with Gasteiger partial charge in [-0.25, -0.2) is 0 Å². The van der Waals surface area contributed by atoms with Gasteiger partial charge >= 0.3 is 0 Å². The van der Waals surface area contributed by atoms with Crippen LogP contribution in [0.3, 0.4) is 0 Å². The minimum atomic E-state index is 0.387. The molecule has 0 amide bonds. The SMILES string of the molecule is C=C(CCCC)N1CCN(C(=C)c2ccc3c(Cl)c4c(nc3c2)CC(CCN)CC4)C(C)C1. The third-order valence-electron chi connectivity index (χ3n) is 7.54. The predicted octanol–water partition coefficient (Wildman–Crippen LogP) is 6.02. The Kier molecular flexibility index (Phi) is 7.65. The number of hydrogen-bond donors (Lipinski definition) is 1. The molecule has 5 heteroatoms. The zero-order valence-electron chi connectivity index (χ0n) is 20.4. The van der Waals surface area contributed by atoms with Gasteiger partial charge in [-0.1, -0.05) is 50.2 Å². The van der Waals surface area contributed by atoms with Crippen LogP contribution < -0.4 is 5.73 Å². The smallest absolute Gasteiger partial charge is 0.0727 e. The molecule has 1 aromatic heterocycles. The number of piperazine rings is 1. The van der Waals surface area contributed by atoms with Gasteiger partial charge in [-0.15, -0.1) is 0 Å². The van der Waals surface area contributed by atoms with Gasteiger partial charge in [-0.05, 0) is 75.1 Å². The quantitative estimate of drug-likeness (QED) is 0.516. The second-order valence-corrected chi connectivity index (χ2v) is 10.3. The lowest BCUT2D eigenvalue weighted by Gasteiger charge is -2.44. The molecule has 178 valence electrons. The third kappa shape index (κ3) is 5.07. The van der Waals surface area contributed by atoms with Crippen molar-refractivity contribution in [1.29, 1.82) is 0 Å². The molecule has 1 fully saturated rings. The molecule has 0 saturated carbocycles. The summed E-state index contributed by atoms with van der Waals surface area (Å²) < 4.78 is 0. The molecule has 1 aromatic carbocycles. The number of allylic oxidation sites excluding steroid dienone is 1. The van der Waals surface area contributed by atoms with Crippen LogP contribution in [0.5, 0.6) is 0 Å². The Morgan fingerprint density at radius 2 is 2.09 bits per heavy atom. The van der Waals surface area contributed by atoms with Crippen molar-refractivity contribution in [3.05, 3.63) is 58.9 Å². The van der Waals surface area contributed by atoms with E-state index in [0.29, 0.717) is 12.0 Å². The van der Waals surface area contributed by atoms with Crippen molar-refractivity contribution in [2.24, 2.45) is 11.7 Å². The van der Waals surface area contributed by atoms with E-state index in [0.717, 1.165) is 91.2 Å². The van der Waals surface area contributed by atoms with Gasteiger partial charge in [0.2, 0.25) is 0 Å². The normalized spacial score (nSPS) is 20.7. The third-order valence-corrected chi connectivity index (χ3v) is 7.97. The molecular weight excluding hydrogens is 428 g/mol. The van der Waals surface area contributed by atoms with Gasteiger partial charge in [0.05, 0.1) is 10.5 Å². The summed E-state index contributed by atoms with van der Waals surface area (Å²) in [5.74, 6) is 0.617. The lowest BCUT2D eigenvalue weighted by atomic mass is 9.84. The van der Waals surface area contributed by atoms with Crippen LogP contribution in [-0.4, -0.2) is 47.0 Å². The maximum Gasteiger partial charge on any atom is 0.0727 e. The molecule has 2 aliphatic rings. The van der Waals surface area contributed by atoms with Crippen LogP contribution >= 0.6 is 11.6 Å². The van der Waals surface area contributed by atoms with Crippen LogP contribution in [0.2, 0.25) is 5.02 Å². The molecule has 2 aromatic rings. The van der Waals surface area contributed by atoms with E-state index in [9.17, 15) is 0 Å². The minimum Gasteiger partial charge on any atom is -0.371 e. The number of aromatic nitrogens is 1. The molecule has 2 unspecified atom stereocenters. The predicted molar refractivity (Wildman–Crippen MR) is 141 cm³/mol. The molecular formula is C28H39ClN4. The zero-order chi connectivity index (χ0) is 23.5. The Labute approximate surface area is 204 Å². The van der Waals surface area contributed by atoms with E-state index in [1.165, 1.54) is 24.1 Å². The molecule has 4 rings (SSSR count). The van der Waals surface area contributed by atoms with E-state index in [2.05, 4.69) is 55.0 Å². The standard InChI is InChI=1S/C28H39ClN4/c1-5-6-7-19(2)32-14-15-33(20(3)18-32)21(4)23-9-11-25-27(17-23)31-26-16-22(12-13-30)8-10-24(26)28(25)29/h9,11,17,20,22H,2,4-8,10,12-16,18,30H2,1,3H3. The highest BCUT2D eigenvalue weighted by atomic mass is 35.5. The molecule has 0 bridgehead atoms. The summed E-state index contributed by atoms with van der Waals surface area (Å²) in [4.78, 5) is 9.96. The van der Waals surface area contributed by atoms with Gasteiger partial charge in [0.1, 0.15) is 0 Å². The van der Waals surface area contributed by atoms with E-state index in [1.54, 1.807) is 0 Å². The Bertz CT molecular complexity index is 1030. The Hall–Kier alpha value is -2.04. The summed E-state index contributed by atoms with van der Waals surface area (Å²) in [5.41, 5.74) is 12.7. The lowest BCUT2D eigenvalue weighted by Crippen LogP contribution is -2.50. The topological polar surface area (TPSA) is 45.4 Å². The molecule has 2 atom stereocenters. The number of pyridine rings is 1. The van der Waals surface area contributed by atoms with Crippen LogP contribution in [-0.2, 0) is 12.8 Å². The van der Waals surface area contributed by atoms with Crippen molar-refractivity contribution in [2.75, 3.05) is 26.2 Å². The first kappa shape index (κ1) is 24.1. The summed E-state index contributed by atoms with van der Waals surface area (Å²) >= 11 is 6.86. The highest BCUT2D eigenvalue weighted by Crippen LogP contribution is 2.36. The summed E-state index contributed by atoms with van der Waals surface area (Å²) in [6.07, 6.45) is 7.71. The van der Waals surface area contributed by atoms with E-state index >= 15 is 0 Å². The molecule has 1 aliphatic heterocycles. The largest absolute Gasteiger partial charge is 0.371 e. The van der Waals surface area contributed by atoms with E-state index in [1.807, 2.05) is 0 Å². The fourth-order valence-corrected chi connectivity index (χ4v) is 5.83. The lowest BCUT2D eigenvalue weighted by molar-refractivity contribution is 0.155. The molecule has 2 N–H and O–H groups in total. The van der Waals surface area contributed by atoms with Gasteiger partial charge in [0.15, 0.2) is 0 Å². The molecule has 0 radical (unpaired) electrons. The van der Waals surface area contributed by atoms with Crippen LogP contribution in [0, 0.1) is 5.92 Å². The van der Waals surface area contributed by atoms with Crippen molar-refractivity contribution in [2.45, 2.75) is 64.8 Å². The number of nitrogens with zero attached hydrogens (tertiary/aromatic N) is 3. The van der Waals surface area contributed by atoms with Crippen LogP contribution in [0.1, 0.15) is 62.8 Å². The fourth-order valence-electron chi connectivity index (χ4n) is 5.47. The average Bonchev–Trinajstić information content (AvgIpc) is 2.82. The Morgan fingerprint density at radius 3 is 2.82 bits per heavy atom. The van der Waals surface area contributed by atoms with Crippen LogP contribution in [0.25, 0.3) is 16.6 Å². The van der Waals surface area contributed by atoms with E-state index in [4.69, 9.17) is 22.3 Å². The van der Waals surface area contributed by atoms with Gasteiger partial charge in [0, 0.05) is 48.2 Å². The van der Waals surface area contributed by atoms with Crippen molar-refractivity contribution >= 4 is 28.2 Å². The summed E-state index contributed by atoms with van der Waals surface area (Å²) in [7, 11) is 0. The number of nitrogens with two attached hydrogens (primary N) is 1. The summed E-state index contributed by atoms with van der Waals surface area (Å²) in [5, 5.41) is 1.93. The molecule has 33 heavy (non-hydrogen) atoms. The first-order valence-corrected chi connectivity index (χ1v) is 13.0. The molecule has 1 aliphatic carbocycles. The average molecular weight is 467 g/mol. The first-order chi connectivity index (χ1) is 15.9. The summed E-state index contributed by atoms with van der Waals surface area (Å²) in [6, 6.07) is 6.85. The second kappa shape index (κ2) is 10.5. The maximum atomic E-state index is 6.86. The van der Waals surface area contributed by atoms with Crippen molar-refractivity contribution in [3.8, 4) is 0 Å².